The van der Waals surface area contributed by atoms with E-state index in [0.717, 1.165) is 13.0 Å². The van der Waals surface area contributed by atoms with Crippen molar-refractivity contribution in [3.05, 3.63) is 0 Å². The molecule has 1 atom stereocenters. The van der Waals surface area contributed by atoms with Crippen LogP contribution in [0.2, 0.25) is 0 Å². The van der Waals surface area contributed by atoms with Gasteiger partial charge in [0.25, 0.3) is 0 Å². The summed E-state index contributed by atoms with van der Waals surface area (Å²) in [4.78, 5) is 0. The molecule has 1 unspecified atom stereocenters. The monoisotopic (exact) mass is 330 g/mol. The van der Waals surface area contributed by atoms with Crippen molar-refractivity contribution in [1.82, 2.24) is 0 Å². The fourth-order valence-electron chi connectivity index (χ4n) is 2.86. The molecule has 0 heterocycles. The largest absolute Gasteiger partial charge is 0.388 e. The summed E-state index contributed by atoms with van der Waals surface area (Å²) in [6.45, 7) is 3.80. The second-order valence-corrected chi connectivity index (χ2v) is 6.78. The molecule has 1 N–H and O–H groups in total. The lowest BCUT2D eigenvalue weighted by molar-refractivity contribution is -0.00684. The number of aliphatic hydroxyl groups is 1. The van der Waals surface area contributed by atoms with Gasteiger partial charge in [-0.1, -0.05) is 90.4 Å². The Kier molecular flexibility index (Phi) is 19.8. The predicted octanol–water partition coefficient (Wildman–Crippen LogP) is 5.49. The van der Waals surface area contributed by atoms with Crippen LogP contribution in [0.5, 0.6) is 0 Å². The first-order valence-corrected chi connectivity index (χ1v) is 10.1. The van der Waals surface area contributed by atoms with Crippen LogP contribution in [0.25, 0.3) is 0 Å². The number of hydrogen-bond acceptors (Lipinski definition) is 3. The van der Waals surface area contributed by atoms with Crippen molar-refractivity contribution in [2.24, 2.45) is 0 Å². The number of hydrogen-bond donors (Lipinski definition) is 1. The minimum Gasteiger partial charge on any atom is -0.388 e. The third kappa shape index (κ3) is 19.8. The quantitative estimate of drug-likeness (QED) is 0.318. The molecular weight excluding hydrogens is 288 g/mol. The zero-order chi connectivity index (χ0) is 17.0. The molecule has 0 aromatic rings. The maximum atomic E-state index is 9.41. The summed E-state index contributed by atoms with van der Waals surface area (Å²) in [6.07, 6.45) is 18.8. The Morgan fingerprint density at radius 1 is 0.652 bits per heavy atom. The Morgan fingerprint density at radius 3 is 1.52 bits per heavy atom. The highest BCUT2D eigenvalue weighted by atomic mass is 16.5. The second-order valence-electron chi connectivity index (χ2n) is 6.78. The van der Waals surface area contributed by atoms with Crippen LogP contribution in [0.15, 0.2) is 0 Å². The molecule has 0 fully saturated rings. The van der Waals surface area contributed by atoms with Gasteiger partial charge in [-0.05, 0) is 6.42 Å². The first kappa shape index (κ1) is 22.9. The van der Waals surface area contributed by atoms with E-state index in [0.29, 0.717) is 13.2 Å². The summed E-state index contributed by atoms with van der Waals surface area (Å²) >= 11 is 0. The van der Waals surface area contributed by atoms with Gasteiger partial charge in [0.15, 0.2) is 0 Å². The first-order valence-electron chi connectivity index (χ1n) is 10.1. The zero-order valence-corrected chi connectivity index (χ0v) is 15.9. The van der Waals surface area contributed by atoms with Crippen molar-refractivity contribution in [1.29, 1.82) is 0 Å². The second kappa shape index (κ2) is 19.9. The van der Waals surface area contributed by atoms with Gasteiger partial charge in [-0.25, -0.2) is 0 Å². The number of aliphatic hydroxyl groups excluding tert-OH is 1. The highest BCUT2D eigenvalue weighted by molar-refractivity contribution is 4.51. The van der Waals surface area contributed by atoms with Gasteiger partial charge >= 0.3 is 0 Å². The Morgan fingerprint density at radius 2 is 1.09 bits per heavy atom. The minimum atomic E-state index is -0.480. The van der Waals surface area contributed by atoms with Crippen molar-refractivity contribution in [2.45, 2.75) is 103 Å². The van der Waals surface area contributed by atoms with Crippen molar-refractivity contribution in [3.8, 4) is 0 Å². The molecule has 0 saturated carbocycles. The molecule has 3 nitrogen and oxygen atoms in total. The molecule has 0 radical (unpaired) electrons. The van der Waals surface area contributed by atoms with Gasteiger partial charge in [0.1, 0.15) is 6.10 Å². The summed E-state index contributed by atoms with van der Waals surface area (Å²) < 4.78 is 10.3. The Bertz CT molecular complexity index is 209. The van der Waals surface area contributed by atoms with E-state index < -0.39 is 6.10 Å². The van der Waals surface area contributed by atoms with Gasteiger partial charge < -0.3 is 14.6 Å². The van der Waals surface area contributed by atoms with E-state index in [9.17, 15) is 5.11 Å². The summed E-state index contributed by atoms with van der Waals surface area (Å²) in [6, 6.07) is 0. The molecule has 0 spiro atoms. The lowest BCUT2D eigenvalue weighted by atomic mass is 10.0. The van der Waals surface area contributed by atoms with Gasteiger partial charge in [0.05, 0.1) is 13.2 Å². The van der Waals surface area contributed by atoms with E-state index in [1.165, 1.54) is 83.5 Å². The highest BCUT2D eigenvalue weighted by Gasteiger charge is 2.02. The summed E-state index contributed by atoms with van der Waals surface area (Å²) in [5.74, 6) is 0. The lowest BCUT2D eigenvalue weighted by Crippen LogP contribution is -2.21. The van der Waals surface area contributed by atoms with Crippen LogP contribution < -0.4 is 0 Å². The van der Waals surface area contributed by atoms with E-state index in [2.05, 4.69) is 6.92 Å². The molecule has 0 bridgehead atoms. The van der Waals surface area contributed by atoms with Crippen molar-refractivity contribution >= 4 is 0 Å². The number of unbranched alkanes of at least 4 members (excludes halogenated alkanes) is 13. The van der Waals surface area contributed by atoms with E-state index in [-0.39, 0.29) is 0 Å². The lowest BCUT2D eigenvalue weighted by Gasteiger charge is -2.09. The normalized spacial score (nSPS) is 12.7. The number of methoxy groups -OCH3 is 1. The third-order valence-electron chi connectivity index (χ3n) is 4.31. The highest BCUT2D eigenvalue weighted by Crippen LogP contribution is 2.12. The fourth-order valence-corrected chi connectivity index (χ4v) is 2.86. The summed E-state index contributed by atoms with van der Waals surface area (Å²) in [7, 11) is 1.59. The van der Waals surface area contributed by atoms with E-state index in [4.69, 9.17) is 9.47 Å². The molecule has 0 aliphatic heterocycles. The molecule has 23 heavy (non-hydrogen) atoms. The van der Waals surface area contributed by atoms with Gasteiger partial charge in [-0.2, -0.15) is 0 Å². The Labute approximate surface area is 145 Å². The Hall–Kier alpha value is -0.120. The molecule has 0 saturated heterocycles. The molecule has 0 amide bonds. The molecule has 0 aromatic carbocycles. The van der Waals surface area contributed by atoms with Gasteiger partial charge in [-0.3, -0.25) is 0 Å². The van der Waals surface area contributed by atoms with E-state index >= 15 is 0 Å². The molecule has 0 aliphatic rings. The Balaban J connectivity index is 3.00. The van der Waals surface area contributed by atoms with E-state index in [1.54, 1.807) is 7.11 Å². The van der Waals surface area contributed by atoms with Crippen molar-refractivity contribution < 1.29 is 14.6 Å². The fraction of sp³-hybridized carbons (Fsp3) is 1.00. The van der Waals surface area contributed by atoms with Crippen molar-refractivity contribution in [2.75, 3.05) is 26.9 Å². The van der Waals surface area contributed by atoms with Crippen LogP contribution in [0.1, 0.15) is 96.8 Å². The molecule has 0 aromatic heterocycles. The standard InChI is InChI=1S/C20H42O3/c1-3-4-5-6-7-8-9-10-11-12-13-14-15-16-17-23-19-20(21)18-22-2/h20-21H,3-19H2,1-2H3. The zero-order valence-electron chi connectivity index (χ0n) is 15.9. The van der Waals surface area contributed by atoms with Crippen molar-refractivity contribution in [3.63, 3.8) is 0 Å². The molecule has 0 rings (SSSR count). The van der Waals surface area contributed by atoms with Crippen LogP contribution in [0.3, 0.4) is 0 Å². The maximum absolute atomic E-state index is 9.41. The van der Waals surface area contributed by atoms with Gasteiger partial charge in [0.2, 0.25) is 0 Å². The van der Waals surface area contributed by atoms with Crippen LogP contribution in [0, 0.1) is 0 Å². The van der Waals surface area contributed by atoms with E-state index in [1.807, 2.05) is 0 Å². The molecular formula is C20H42O3. The maximum Gasteiger partial charge on any atom is 0.101 e. The summed E-state index contributed by atoms with van der Waals surface area (Å²) in [5, 5.41) is 9.41. The van der Waals surface area contributed by atoms with Gasteiger partial charge in [0, 0.05) is 13.7 Å². The average molecular weight is 331 g/mol. The minimum absolute atomic E-state index is 0.360. The number of ether oxygens (including phenoxy) is 2. The predicted molar refractivity (Wildman–Crippen MR) is 99.0 cm³/mol. The first-order chi connectivity index (χ1) is 11.3. The van der Waals surface area contributed by atoms with Crippen LogP contribution in [0.4, 0.5) is 0 Å². The molecule has 3 heteroatoms. The third-order valence-corrected chi connectivity index (χ3v) is 4.31. The summed E-state index contributed by atoms with van der Waals surface area (Å²) in [5.41, 5.74) is 0. The SMILES string of the molecule is CCCCCCCCCCCCCCCCOCC(O)COC. The molecule has 0 aliphatic carbocycles. The van der Waals surface area contributed by atoms with Gasteiger partial charge in [-0.15, -0.1) is 0 Å². The smallest absolute Gasteiger partial charge is 0.101 e. The number of rotatable bonds is 19. The average Bonchev–Trinajstić information content (AvgIpc) is 2.54. The van der Waals surface area contributed by atoms with Crippen LogP contribution in [-0.4, -0.2) is 38.1 Å². The van der Waals surface area contributed by atoms with Crippen LogP contribution >= 0.6 is 0 Å². The van der Waals surface area contributed by atoms with Crippen LogP contribution in [-0.2, 0) is 9.47 Å². The molecule has 140 valence electrons. The topological polar surface area (TPSA) is 38.7 Å².